The van der Waals surface area contributed by atoms with Gasteiger partial charge in [0, 0.05) is 18.7 Å². The number of thioether (sulfide) groups is 1. The highest BCUT2D eigenvalue weighted by Crippen LogP contribution is 2.25. The highest BCUT2D eigenvalue weighted by atomic mass is 32.2. The van der Waals surface area contributed by atoms with Crippen molar-refractivity contribution in [2.75, 3.05) is 12.3 Å². The van der Waals surface area contributed by atoms with E-state index in [9.17, 15) is 0 Å². The summed E-state index contributed by atoms with van der Waals surface area (Å²) in [6, 6.07) is 0. The highest BCUT2D eigenvalue weighted by Gasteiger charge is 2.16. The zero-order valence-electron chi connectivity index (χ0n) is 12.9. The van der Waals surface area contributed by atoms with E-state index >= 15 is 0 Å². The Bertz CT molecular complexity index is 414. The molecule has 0 atom stereocenters. The summed E-state index contributed by atoms with van der Waals surface area (Å²) in [5, 5.41) is 9.83. The largest absolute Gasteiger partial charge is 0.330 e. The minimum Gasteiger partial charge on any atom is -0.330 e. The van der Waals surface area contributed by atoms with E-state index in [-0.39, 0.29) is 5.41 Å². The molecule has 2 N–H and O–H groups in total. The van der Waals surface area contributed by atoms with E-state index in [4.69, 9.17) is 5.73 Å². The molecule has 1 aliphatic rings. The van der Waals surface area contributed by atoms with Gasteiger partial charge < -0.3 is 10.3 Å². The molecule has 0 fully saturated rings. The Kier molecular flexibility index (Phi) is 5.90. The number of hydrogen-bond acceptors (Lipinski definition) is 4. The SMILES string of the molecule is CC(C)(CN)CCCCSc1nnc2n1CCCCC2. The van der Waals surface area contributed by atoms with Crippen molar-refractivity contribution in [3.63, 3.8) is 0 Å². The van der Waals surface area contributed by atoms with Crippen molar-refractivity contribution in [1.29, 1.82) is 0 Å². The first kappa shape index (κ1) is 15.8. The van der Waals surface area contributed by atoms with Crippen LogP contribution in [0, 0.1) is 5.41 Å². The molecule has 114 valence electrons. The monoisotopic (exact) mass is 296 g/mol. The molecule has 0 radical (unpaired) electrons. The molecule has 0 aliphatic carbocycles. The highest BCUT2D eigenvalue weighted by molar-refractivity contribution is 7.99. The van der Waals surface area contributed by atoms with E-state index < -0.39 is 0 Å². The molecular formula is C15H28N4S. The van der Waals surface area contributed by atoms with Crippen LogP contribution in [-0.4, -0.2) is 27.1 Å². The lowest BCUT2D eigenvalue weighted by atomic mass is 9.88. The van der Waals surface area contributed by atoms with E-state index in [1.165, 1.54) is 44.3 Å². The Morgan fingerprint density at radius 3 is 2.85 bits per heavy atom. The second-order valence-electron chi connectivity index (χ2n) is 6.54. The van der Waals surface area contributed by atoms with Crippen LogP contribution in [0.3, 0.4) is 0 Å². The van der Waals surface area contributed by atoms with Gasteiger partial charge in [0.2, 0.25) is 0 Å². The average molecular weight is 296 g/mol. The van der Waals surface area contributed by atoms with E-state index in [1.54, 1.807) is 0 Å². The summed E-state index contributed by atoms with van der Waals surface area (Å²) in [5.74, 6) is 2.33. The van der Waals surface area contributed by atoms with Crippen LogP contribution in [0.4, 0.5) is 0 Å². The Hall–Kier alpha value is -0.550. The van der Waals surface area contributed by atoms with Gasteiger partial charge in [-0.3, -0.25) is 0 Å². The van der Waals surface area contributed by atoms with Crippen LogP contribution >= 0.6 is 11.8 Å². The van der Waals surface area contributed by atoms with Crippen LogP contribution in [0.25, 0.3) is 0 Å². The lowest BCUT2D eigenvalue weighted by molar-refractivity contribution is 0.336. The zero-order valence-corrected chi connectivity index (χ0v) is 13.7. The Morgan fingerprint density at radius 1 is 1.20 bits per heavy atom. The fourth-order valence-corrected chi connectivity index (χ4v) is 3.52. The van der Waals surface area contributed by atoms with Crippen molar-refractivity contribution in [2.45, 2.75) is 70.5 Å². The summed E-state index contributed by atoms with van der Waals surface area (Å²) in [7, 11) is 0. The van der Waals surface area contributed by atoms with E-state index in [0.717, 1.165) is 30.4 Å². The van der Waals surface area contributed by atoms with E-state index in [2.05, 4.69) is 28.6 Å². The summed E-state index contributed by atoms with van der Waals surface area (Å²) in [6.07, 6.45) is 8.64. The van der Waals surface area contributed by atoms with Gasteiger partial charge in [-0.2, -0.15) is 0 Å². The second kappa shape index (κ2) is 7.46. The first-order valence-corrected chi connectivity index (χ1v) is 8.86. The molecule has 0 saturated heterocycles. The fourth-order valence-electron chi connectivity index (χ4n) is 2.54. The van der Waals surface area contributed by atoms with Gasteiger partial charge in [0.15, 0.2) is 5.16 Å². The molecule has 1 aromatic heterocycles. The normalized spacial score (nSPS) is 15.9. The summed E-state index contributed by atoms with van der Waals surface area (Å²) in [4.78, 5) is 0. The minimum atomic E-state index is 0.288. The van der Waals surface area contributed by atoms with Gasteiger partial charge in [0.25, 0.3) is 0 Å². The number of fused-ring (bicyclic) bond motifs is 1. The topological polar surface area (TPSA) is 56.7 Å². The van der Waals surface area contributed by atoms with Crippen molar-refractivity contribution in [3.05, 3.63) is 5.82 Å². The van der Waals surface area contributed by atoms with Crippen LogP contribution < -0.4 is 5.73 Å². The molecule has 4 nitrogen and oxygen atoms in total. The van der Waals surface area contributed by atoms with Crippen LogP contribution in [0.5, 0.6) is 0 Å². The van der Waals surface area contributed by atoms with Crippen molar-refractivity contribution in [3.8, 4) is 0 Å². The van der Waals surface area contributed by atoms with Crippen LogP contribution in [0.2, 0.25) is 0 Å². The number of rotatable bonds is 7. The molecule has 20 heavy (non-hydrogen) atoms. The van der Waals surface area contributed by atoms with Crippen molar-refractivity contribution < 1.29 is 0 Å². The number of aryl methyl sites for hydroxylation is 1. The van der Waals surface area contributed by atoms with Crippen LogP contribution in [-0.2, 0) is 13.0 Å². The van der Waals surface area contributed by atoms with Gasteiger partial charge in [-0.25, -0.2) is 0 Å². The maximum atomic E-state index is 5.76. The zero-order chi connectivity index (χ0) is 14.4. The Morgan fingerprint density at radius 2 is 2.05 bits per heavy atom. The molecule has 0 bridgehead atoms. The molecule has 2 heterocycles. The fraction of sp³-hybridized carbons (Fsp3) is 0.867. The Balaban J connectivity index is 1.73. The summed E-state index contributed by atoms with van der Waals surface area (Å²) in [5.41, 5.74) is 6.05. The van der Waals surface area contributed by atoms with Gasteiger partial charge in [0.1, 0.15) is 5.82 Å². The third-order valence-corrected chi connectivity index (χ3v) is 5.16. The lowest BCUT2D eigenvalue weighted by Crippen LogP contribution is -2.23. The Labute approximate surface area is 126 Å². The second-order valence-corrected chi connectivity index (χ2v) is 7.60. The van der Waals surface area contributed by atoms with E-state index in [1.807, 2.05) is 11.8 Å². The summed E-state index contributed by atoms with van der Waals surface area (Å²) in [6.45, 7) is 6.37. The molecule has 0 saturated carbocycles. The minimum absolute atomic E-state index is 0.288. The summed E-state index contributed by atoms with van der Waals surface area (Å²) < 4.78 is 2.33. The number of nitrogens with zero attached hydrogens (tertiary/aromatic N) is 3. The number of hydrogen-bond donors (Lipinski definition) is 1. The van der Waals surface area contributed by atoms with Gasteiger partial charge in [-0.1, -0.05) is 38.5 Å². The first-order valence-electron chi connectivity index (χ1n) is 7.87. The van der Waals surface area contributed by atoms with Crippen molar-refractivity contribution in [1.82, 2.24) is 14.8 Å². The lowest BCUT2D eigenvalue weighted by Gasteiger charge is -2.21. The smallest absolute Gasteiger partial charge is 0.191 e. The molecule has 1 aliphatic heterocycles. The maximum Gasteiger partial charge on any atom is 0.191 e. The summed E-state index contributed by atoms with van der Waals surface area (Å²) >= 11 is 1.87. The average Bonchev–Trinajstić information content (AvgIpc) is 2.67. The number of nitrogens with two attached hydrogens (primary N) is 1. The van der Waals surface area contributed by atoms with Gasteiger partial charge in [-0.05, 0) is 37.6 Å². The predicted molar refractivity (Wildman–Crippen MR) is 85.0 cm³/mol. The molecule has 0 amide bonds. The van der Waals surface area contributed by atoms with Crippen LogP contribution in [0.15, 0.2) is 5.16 Å². The molecular weight excluding hydrogens is 268 g/mol. The third-order valence-electron chi connectivity index (χ3n) is 4.11. The maximum absolute atomic E-state index is 5.76. The van der Waals surface area contributed by atoms with Gasteiger partial charge >= 0.3 is 0 Å². The number of aromatic nitrogens is 3. The predicted octanol–water partition coefficient (Wildman–Crippen LogP) is 3.25. The quantitative estimate of drug-likeness (QED) is 0.620. The standard InChI is InChI=1S/C15H28N4S/c1-15(2,12-16)9-5-7-11-20-14-18-17-13-8-4-3-6-10-19(13)14/h3-12,16H2,1-2H3. The molecule has 1 aromatic rings. The molecule has 5 heteroatoms. The van der Waals surface area contributed by atoms with E-state index in [0.29, 0.717) is 0 Å². The molecule has 0 unspecified atom stereocenters. The first-order chi connectivity index (χ1) is 9.62. The molecule has 2 rings (SSSR count). The molecule has 0 aromatic carbocycles. The third kappa shape index (κ3) is 4.48. The van der Waals surface area contributed by atoms with Crippen molar-refractivity contribution in [2.24, 2.45) is 11.1 Å². The van der Waals surface area contributed by atoms with Crippen molar-refractivity contribution >= 4 is 11.8 Å². The van der Waals surface area contributed by atoms with Gasteiger partial charge in [-0.15, -0.1) is 10.2 Å². The van der Waals surface area contributed by atoms with Gasteiger partial charge in [0.05, 0.1) is 0 Å². The van der Waals surface area contributed by atoms with Crippen LogP contribution in [0.1, 0.15) is 58.2 Å². The number of unbranched alkanes of at least 4 members (excludes halogenated alkanes) is 1. The molecule has 0 spiro atoms.